The third kappa shape index (κ3) is 3.39. The average Bonchev–Trinajstić information content (AvgIpc) is 3.00. The molecule has 0 aliphatic heterocycles. The Hall–Kier alpha value is -1.94. The van der Waals surface area contributed by atoms with Gasteiger partial charge in [0, 0.05) is 18.0 Å². The second-order valence-corrected chi connectivity index (χ2v) is 4.89. The normalized spacial score (nSPS) is 12.2. The molecule has 4 heteroatoms. The fraction of sp³-hybridized carbons (Fsp3) is 0.412. The van der Waals surface area contributed by atoms with E-state index in [1.54, 1.807) is 20.5 Å². The number of furan rings is 1. The van der Waals surface area contributed by atoms with Gasteiger partial charge >= 0.3 is 0 Å². The van der Waals surface area contributed by atoms with Crippen LogP contribution in [0.25, 0.3) is 0 Å². The molecule has 0 fully saturated rings. The lowest BCUT2D eigenvalue weighted by molar-refractivity contribution is 0.354. The molecule has 0 radical (unpaired) electrons. The Morgan fingerprint density at radius 1 is 1.14 bits per heavy atom. The standard InChI is InChI=1S/C17H23NO3/c1-5-15-13(8-9-21-15)14(18-2)10-12-6-7-16(19-3)17(11-12)20-4/h6-9,11,14,18H,5,10H2,1-4H3. The molecule has 0 bridgehead atoms. The summed E-state index contributed by atoms with van der Waals surface area (Å²) in [5, 5.41) is 3.36. The van der Waals surface area contributed by atoms with Gasteiger partial charge in [0.15, 0.2) is 11.5 Å². The van der Waals surface area contributed by atoms with Crippen molar-refractivity contribution in [3.8, 4) is 11.5 Å². The molecule has 1 aromatic heterocycles. The molecular formula is C17H23NO3. The molecule has 114 valence electrons. The summed E-state index contributed by atoms with van der Waals surface area (Å²) >= 11 is 0. The van der Waals surface area contributed by atoms with Crippen LogP contribution in [0.15, 0.2) is 34.9 Å². The summed E-state index contributed by atoms with van der Waals surface area (Å²) in [7, 11) is 5.27. The first-order valence-electron chi connectivity index (χ1n) is 7.17. The van der Waals surface area contributed by atoms with Crippen molar-refractivity contribution < 1.29 is 13.9 Å². The summed E-state index contributed by atoms with van der Waals surface area (Å²) in [5.74, 6) is 2.54. The Morgan fingerprint density at radius 2 is 1.90 bits per heavy atom. The van der Waals surface area contributed by atoms with Crippen molar-refractivity contribution in [2.24, 2.45) is 0 Å². The molecule has 4 nitrogen and oxygen atoms in total. The fourth-order valence-corrected chi connectivity index (χ4v) is 2.56. The molecule has 0 spiro atoms. The number of benzene rings is 1. The zero-order valence-corrected chi connectivity index (χ0v) is 13.1. The number of methoxy groups -OCH3 is 2. The maximum Gasteiger partial charge on any atom is 0.160 e. The summed E-state index contributed by atoms with van der Waals surface area (Å²) < 4.78 is 16.2. The third-order valence-corrected chi connectivity index (χ3v) is 3.71. The number of nitrogens with one attached hydrogen (secondary N) is 1. The van der Waals surface area contributed by atoms with E-state index in [4.69, 9.17) is 13.9 Å². The van der Waals surface area contributed by atoms with E-state index in [0.29, 0.717) is 0 Å². The molecule has 0 aliphatic carbocycles. The Bertz CT molecular complexity index is 577. The fourth-order valence-electron chi connectivity index (χ4n) is 2.56. The third-order valence-electron chi connectivity index (χ3n) is 3.71. The largest absolute Gasteiger partial charge is 0.493 e. The van der Waals surface area contributed by atoms with Crippen molar-refractivity contribution >= 4 is 0 Å². The van der Waals surface area contributed by atoms with Crippen LogP contribution in [0, 0.1) is 0 Å². The lowest BCUT2D eigenvalue weighted by Crippen LogP contribution is -2.19. The van der Waals surface area contributed by atoms with Crippen molar-refractivity contribution in [1.82, 2.24) is 5.32 Å². The van der Waals surface area contributed by atoms with E-state index >= 15 is 0 Å². The zero-order chi connectivity index (χ0) is 15.2. The average molecular weight is 289 g/mol. The molecule has 0 aliphatic rings. The summed E-state index contributed by atoms with van der Waals surface area (Å²) in [6.07, 6.45) is 3.52. The van der Waals surface area contributed by atoms with Gasteiger partial charge in [0.1, 0.15) is 5.76 Å². The van der Waals surface area contributed by atoms with Crippen molar-refractivity contribution in [3.05, 3.63) is 47.4 Å². The van der Waals surface area contributed by atoms with E-state index in [2.05, 4.69) is 18.3 Å². The van der Waals surface area contributed by atoms with E-state index in [1.165, 1.54) is 11.1 Å². The van der Waals surface area contributed by atoms with Crippen LogP contribution in [0.5, 0.6) is 11.5 Å². The summed E-state index contributed by atoms with van der Waals surface area (Å²) in [6.45, 7) is 2.10. The van der Waals surface area contributed by atoms with Crippen LogP contribution in [-0.4, -0.2) is 21.3 Å². The molecule has 0 amide bonds. The van der Waals surface area contributed by atoms with Gasteiger partial charge in [0.25, 0.3) is 0 Å². The van der Waals surface area contributed by atoms with Gasteiger partial charge in [0.2, 0.25) is 0 Å². The van der Waals surface area contributed by atoms with E-state index in [1.807, 2.05) is 25.2 Å². The highest BCUT2D eigenvalue weighted by Crippen LogP contribution is 2.30. The van der Waals surface area contributed by atoms with Crippen molar-refractivity contribution in [2.45, 2.75) is 25.8 Å². The Morgan fingerprint density at radius 3 is 2.52 bits per heavy atom. The predicted molar refractivity (Wildman–Crippen MR) is 83.1 cm³/mol. The van der Waals surface area contributed by atoms with Gasteiger partial charge in [-0.25, -0.2) is 0 Å². The van der Waals surface area contributed by atoms with Crippen LogP contribution in [0.3, 0.4) is 0 Å². The first kappa shape index (κ1) is 15.4. The number of rotatable bonds is 7. The Labute approximate surface area is 126 Å². The molecule has 2 aromatic rings. The molecule has 1 unspecified atom stereocenters. The van der Waals surface area contributed by atoms with Crippen LogP contribution >= 0.6 is 0 Å². The molecule has 21 heavy (non-hydrogen) atoms. The molecule has 1 N–H and O–H groups in total. The topological polar surface area (TPSA) is 43.6 Å². The van der Waals surface area contributed by atoms with E-state index in [0.717, 1.165) is 30.1 Å². The van der Waals surface area contributed by atoms with Gasteiger partial charge in [-0.15, -0.1) is 0 Å². The zero-order valence-electron chi connectivity index (χ0n) is 13.1. The van der Waals surface area contributed by atoms with Crippen LogP contribution in [-0.2, 0) is 12.8 Å². The number of likely N-dealkylation sites (N-methyl/N-ethyl adjacent to an activating group) is 1. The lowest BCUT2D eigenvalue weighted by Gasteiger charge is -2.17. The molecule has 1 atom stereocenters. The van der Waals surface area contributed by atoms with E-state index in [9.17, 15) is 0 Å². The molecule has 2 rings (SSSR count). The highest BCUT2D eigenvalue weighted by Gasteiger charge is 2.17. The minimum absolute atomic E-state index is 0.219. The number of hydrogen-bond acceptors (Lipinski definition) is 4. The van der Waals surface area contributed by atoms with E-state index < -0.39 is 0 Å². The van der Waals surface area contributed by atoms with Crippen molar-refractivity contribution in [1.29, 1.82) is 0 Å². The Kier molecular flexibility index (Phi) is 5.28. The minimum Gasteiger partial charge on any atom is -0.493 e. The quantitative estimate of drug-likeness (QED) is 0.849. The van der Waals surface area contributed by atoms with E-state index in [-0.39, 0.29) is 6.04 Å². The molecule has 0 saturated carbocycles. The molecule has 0 saturated heterocycles. The SMILES string of the molecule is CCc1occc1C(Cc1ccc(OC)c(OC)c1)NC. The second kappa shape index (κ2) is 7.18. The van der Waals surface area contributed by atoms with Gasteiger partial charge in [-0.3, -0.25) is 0 Å². The summed E-state index contributed by atoms with van der Waals surface area (Å²) in [4.78, 5) is 0. The van der Waals surface area contributed by atoms with Crippen LogP contribution in [0.2, 0.25) is 0 Å². The molecule has 1 aromatic carbocycles. The molecule has 1 heterocycles. The van der Waals surface area contributed by atoms with Gasteiger partial charge in [-0.2, -0.15) is 0 Å². The highest BCUT2D eigenvalue weighted by molar-refractivity contribution is 5.43. The van der Waals surface area contributed by atoms with Crippen LogP contribution in [0.1, 0.15) is 29.9 Å². The maximum absolute atomic E-state index is 5.53. The first-order chi connectivity index (χ1) is 10.2. The van der Waals surface area contributed by atoms with Crippen LogP contribution in [0.4, 0.5) is 0 Å². The van der Waals surface area contributed by atoms with Crippen molar-refractivity contribution in [2.75, 3.05) is 21.3 Å². The van der Waals surface area contributed by atoms with Gasteiger partial charge < -0.3 is 19.2 Å². The highest BCUT2D eigenvalue weighted by atomic mass is 16.5. The maximum atomic E-state index is 5.53. The monoisotopic (exact) mass is 289 g/mol. The lowest BCUT2D eigenvalue weighted by atomic mass is 9.98. The van der Waals surface area contributed by atoms with Gasteiger partial charge in [0.05, 0.1) is 20.5 Å². The Balaban J connectivity index is 2.23. The summed E-state index contributed by atoms with van der Waals surface area (Å²) in [6, 6.07) is 8.29. The first-order valence-corrected chi connectivity index (χ1v) is 7.17. The smallest absolute Gasteiger partial charge is 0.160 e. The van der Waals surface area contributed by atoms with Gasteiger partial charge in [-0.1, -0.05) is 13.0 Å². The van der Waals surface area contributed by atoms with Crippen molar-refractivity contribution in [3.63, 3.8) is 0 Å². The number of ether oxygens (including phenoxy) is 2. The summed E-state index contributed by atoms with van der Waals surface area (Å²) in [5.41, 5.74) is 2.41. The number of hydrogen-bond donors (Lipinski definition) is 1. The van der Waals surface area contributed by atoms with Gasteiger partial charge in [-0.05, 0) is 37.2 Å². The molecular weight excluding hydrogens is 266 g/mol. The van der Waals surface area contributed by atoms with Crippen LogP contribution < -0.4 is 14.8 Å². The second-order valence-electron chi connectivity index (χ2n) is 4.89. The predicted octanol–water partition coefficient (Wildman–Crippen LogP) is 3.36. The minimum atomic E-state index is 0.219. The number of aryl methyl sites for hydroxylation is 1.